The third-order valence-corrected chi connectivity index (χ3v) is 4.46. The van der Waals surface area contributed by atoms with Crippen molar-refractivity contribution in [3.63, 3.8) is 0 Å². The maximum atomic E-state index is 12.2. The highest BCUT2D eigenvalue weighted by molar-refractivity contribution is 5.79. The molecule has 2 aliphatic rings. The first-order valence-electron chi connectivity index (χ1n) is 7.33. The summed E-state index contributed by atoms with van der Waals surface area (Å²) >= 11 is 0. The molecule has 0 radical (unpaired) electrons. The van der Waals surface area contributed by atoms with Crippen LogP contribution < -0.4 is 10.6 Å². The minimum atomic E-state index is 0.174. The highest BCUT2D eigenvalue weighted by atomic mass is 16.2. The fraction of sp³-hybridized carbons (Fsp3) is 0.929. The Bertz CT molecular complexity index is 285. The lowest BCUT2D eigenvalue weighted by Gasteiger charge is -2.35. The van der Waals surface area contributed by atoms with E-state index in [0.29, 0.717) is 18.0 Å². The standard InChI is InChI=1S/C14H27N3O/c1-10(2)17-6-4-12(5-7-17)16-14(18)13-9-15-8-11(13)3/h10-13,15H,4-9H2,1-3H3,(H,16,18). The van der Waals surface area contributed by atoms with Gasteiger partial charge in [0.2, 0.25) is 5.91 Å². The Labute approximate surface area is 110 Å². The third kappa shape index (κ3) is 3.23. The van der Waals surface area contributed by atoms with Gasteiger partial charge in [0.05, 0.1) is 5.92 Å². The lowest BCUT2D eigenvalue weighted by atomic mass is 9.96. The quantitative estimate of drug-likeness (QED) is 0.783. The Kier molecular flexibility index (Phi) is 4.62. The van der Waals surface area contributed by atoms with Crippen molar-refractivity contribution < 1.29 is 4.79 Å². The molecule has 0 aromatic heterocycles. The average Bonchev–Trinajstić information content (AvgIpc) is 2.76. The van der Waals surface area contributed by atoms with E-state index >= 15 is 0 Å². The first-order chi connectivity index (χ1) is 8.58. The summed E-state index contributed by atoms with van der Waals surface area (Å²) in [4.78, 5) is 14.7. The molecule has 0 aromatic rings. The molecule has 2 N–H and O–H groups in total. The van der Waals surface area contributed by atoms with Crippen molar-refractivity contribution in [2.45, 2.75) is 45.7 Å². The molecule has 2 heterocycles. The van der Waals surface area contributed by atoms with Gasteiger partial charge >= 0.3 is 0 Å². The van der Waals surface area contributed by atoms with Crippen molar-refractivity contribution in [3.05, 3.63) is 0 Å². The molecule has 0 bridgehead atoms. The maximum Gasteiger partial charge on any atom is 0.224 e. The second-order valence-corrected chi connectivity index (χ2v) is 6.15. The van der Waals surface area contributed by atoms with Gasteiger partial charge in [0.15, 0.2) is 0 Å². The van der Waals surface area contributed by atoms with Crippen LogP contribution in [0.5, 0.6) is 0 Å². The van der Waals surface area contributed by atoms with Crippen LogP contribution in [0.1, 0.15) is 33.6 Å². The van der Waals surface area contributed by atoms with Crippen molar-refractivity contribution in [2.75, 3.05) is 26.2 Å². The Morgan fingerprint density at radius 2 is 1.94 bits per heavy atom. The predicted molar refractivity (Wildman–Crippen MR) is 73.4 cm³/mol. The van der Waals surface area contributed by atoms with Crippen LogP contribution in [0.15, 0.2) is 0 Å². The largest absolute Gasteiger partial charge is 0.353 e. The average molecular weight is 253 g/mol. The van der Waals surface area contributed by atoms with Gasteiger partial charge in [-0.1, -0.05) is 6.92 Å². The van der Waals surface area contributed by atoms with Gasteiger partial charge in [0.1, 0.15) is 0 Å². The van der Waals surface area contributed by atoms with Gasteiger partial charge in [-0.2, -0.15) is 0 Å². The Balaban J connectivity index is 1.76. The van der Waals surface area contributed by atoms with Crippen LogP contribution in [-0.2, 0) is 4.79 Å². The molecular weight excluding hydrogens is 226 g/mol. The van der Waals surface area contributed by atoms with E-state index in [4.69, 9.17) is 0 Å². The molecule has 18 heavy (non-hydrogen) atoms. The first kappa shape index (κ1) is 13.8. The fourth-order valence-electron chi connectivity index (χ4n) is 3.03. The molecule has 1 amide bonds. The van der Waals surface area contributed by atoms with Gasteiger partial charge < -0.3 is 15.5 Å². The third-order valence-electron chi connectivity index (χ3n) is 4.46. The molecular formula is C14H27N3O. The van der Waals surface area contributed by atoms with Crippen LogP contribution in [0, 0.1) is 11.8 Å². The van der Waals surface area contributed by atoms with Crippen LogP contribution in [0.3, 0.4) is 0 Å². The van der Waals surface area contributed by atoms with Gasteiger partial charge in [-0.05, 0) is 39.2 Å². The SMILES string of the molecule is CC1CNCC1C(=O)NC1CCN(C(C)C)CC1. The number of amides is 1. The Hall–Kier alpha value is -0.610. The Morgan fingerprint density at radius 3 is 2.44 bits per heavy atom. The summed E-state index contributed by atoms with van der Waals surface area (Å²) in [5.74, 6) is 0.907. The second kappa shape index (κ2) is 6.02. The molecule has 4 nitrogen and oxygen atoms in total. The van der Waals surface area contributed by atoms with Gasteiger partial charge in [-0.3, -0.25) is 4.79 Å². The molecule has 104 valence electrons. The van der Waals surface area contributed by atoms with Crippen molar-refractivity contribution >= 4 is 5.91 Å². The van der Waals surface area contributed by atoms with Crippen molar-refractivity contribution in [1.29, 1.82) is 0 Å². The maximum absolute atomic E-state index is 12.2. The van der Waals surface area contributed by atoms with Crippen LogP contribution >= 0.6 is 0 Å². The summed E-state index contributed by atoms with van der Waals surface area (Å²) in [6.45, 7) is 10.7. The highest BCUT2D eigenvalue weighted by Gasteiger charge is 2.31. The van der Waals surface area contributed by atoms with E-state index in [1.807, 2.05) is 0 Å². The van der Waals surface area contributed by atoms with Crippen molar-refractivity contribution in [2.24, 2.45) is 11.8 Å². The zero-order valence-electron chi connectivity index (χ0n) is 11.9. The first-order valence-corrected chi connectivity index (χ1v) is 7.33. The monoisotopic (exact) mass is 253 g/mol. The summed E-state index contributed by atoms with van der Waals surface area (Å²) in [7, 11) is 0. The summed E-state index contributed by atoms with van der Waals surface area (Å²) in [6, 6.07) is 1.01. The summed E-state index contributed by atoms with van der Waals surface area (Å²) < 4.78 is 0. The van der Waals surface area contributed by atoms with E-state index in [1.165, 1.54) is 0 Å². The fourth-order valence-corrected chi connectivity index (χ4v) is 3.03. The molecule has 2 unspecified atom stereocenters. The number of hydrogen-bond donors (Lipinski definition) is 2. The van der Waals surface area contributed by atoms with E-state index in [9.17, 15) is 4.79 Å². The lowest BCUT2D eigenvalue weighted by Crippen LogP contribution is -2.48. The van der Waals surface area contributed by atoms with E-state index in [0.717, 1.165) is 39.0 Å². The smallest absolute Gasteiger partial charge is 0.224 e. The zero-order valence-corrected chi connectivity index (χ0v) is 11.9. The predicted octanol–water partition coefficient (Wildman–Crippen LogP) is 0.831. The van der Waals surface area contributed by atoms with Gasteiger partial charge in [-0.15, -0.1) is 0 Å². The summed E-state index contributed by atoms with van der Waals surface area (Å²) in [5, 5.41) is 6.54. The highest BCUT2D eigenvalue weighted by Crippen LogP contribution is 2.18. The second-order valence-electron chi connectivity index (χ2n) is 6.15. The summed E-state index contributed by atoms with van der Waals surface area (Å²) in [6.07, 6.45) is 2.19. The molecule has 2 saturated heterocycles. The van der Waals surface area contributed by atoms with E-state index in [1.54, 1.807) is 0 Å². The van der Waals surface area contributed by atoms with E-state index < -0.39 is 0 Å². The van der Waals surface area contributed by atoms with E-state index in [-0.39, 0.29) is 11.8 Å². The number of rotatable bonds is 3. The van der Waals surface area contributed by atoms with E-state index in [2.05, 4.69) is 36.3 Å². The normalized spacial score (nSPS) is 30.9. The van der Waals surface area contributed by atoms with Crippen LogP contribution in [0.4, 0.5) is 0 Å². The molecule has 0 spiro atoms. The number of piperidine rings is 1. The van der Waals surface area contributed by atoms with Crippen LogP contribution in [0.2, 0.25) is 0 Å². The molecule has 2 aliphatic heterocycles. The molecule has 2 fully saturated rings. The zero-order chi connectivity index (χ0) is 13.1. The number of carbonyl (C=O) groups is 1. The molecule has 2 atom stereocenters. The van der Waals surface area contributed by atoms with Crippen molar-refractivity contribution in [3.8, 4) is 0 Å². The molecule has 4 heteroatoms. The number of hydrogen-bond acceptors (Lipinski definition) is 3. The number of carbonyl (C=O) groups excluding carboxylic acids is 1. The van der Waals surface area contributed by atoms with Crippen LogP contribution in [0.25, 0.3) is 0 Å². The molecule has 0 aromatic carbocycles. The minimum absolute atomic E-state index is 0.174. The molecule has 0 aliphatic carbocycles. The van der Waals surface area contributed by atoms with Crippen LogP contribution in [-0.4, -0.2) is 49.1 Å². The van der Waals surface area contributed by atoms with Gasteiger partial charge in [0.25, 0.3) is 0 Å². The lowest BCUT2D eigenvalue weighted by molar-refractivity contribution is -0.126. The van der Waals surface area contributed by atoms with Crippen molar-refractivity contribution in [1.82, 2.24) is 15.5 Å². The van der Waals surface area contributed by atoms with Gasteiger partial charge in [-0.25, -0.2) is 0 Å². The topological polar surface area (TPSA) is 44.4 Å². The molecule has 0 saturated carbocycles. The number of likely N-dealkylation sites (tertiary alicyclic amines) is 1. The summed E-state index contributed by atoms with van der Waals surface area (Å²) in [5.41, 5.74) is 0. The number of nitrogens with zero attached hydrogens (tertiary/aromatic N) is 1. The number of nitrogens with one attached hydrogen (secondary N) is 2. The Morgan fingerprint density at radius 1 is 1.28 bits per heavy atom. The minimum Gasteiger partial charge on any atom is -0.353 e. The molecule has 2 rings (SSSR count). The van der Waals surface area contributed by atoms with Gasteiger partial charge in [0, 0.05) is 31.7 Å².